The Bertz CT molecular complexity index is 215. The van der Waals surface area contributed by atoms with Gasteiger partial charge in [0.2, 0.25) is 0 Å². The summed E-state index contributed by atoms with van der Waals surface area (Å²) in [5.41, 5.74) is -0.571. The van der Waals surface area contributed by atoms with Crippen molar-refractivity contribution in [1.29, 1.82) is 0 Å². The molecule has 1 nitrogen and oxygen atoms in total. The Morgan fingerprint density at radius 2 is 2.07 bits per heavy atom. The summed E-state index contributed by atoms with van der Waals surface area (Å²) >= 11 is 0. The minimum atomic E-state index is -4.86. The topological polar surface area (TPSA) is 3.24 Å². The van der Waals surface area contributed by atoms with Crippen molar-refractivity contribution >= 4 is 6.98 Å². The third kappa shape index (κ3) is 3.05. The summed E-state index contributed by atoms with van der Waals surface area (Å²) in [6, 6.07) is 0.263. The zero-order valence-electron chi connectivity index (χ0n) is 8.48. The van der Waals surface area contributed by atoms with Gasteiger partial charge < -0.3 is 12.9 Å². The molecule has 0 bridgehead atoms. The minimum absolute atomic E-state index is 0.00926. The second kappa shape index (κ2) is 4.38. The molecule has 0 aromatic heterocycles. The van der Waals surface area contributed by atoms with Gasteiger partial charge in [-0.2, -0.15) is 0 Å². The molecule has 14 heavy (non-hydrogen) atoms. The summed E-state index contributed by atoms with van der Waals surface area (Å²) in [4.78, 5) is 1.88. The molecular formula is C9H16BF3N-. The highest BCUT2D eigenvalue weighted by Gasteiger charge is 2.29. The van der Waals surface area contributed by atoms with Gasteiger partial charge in [-0.05, 0) is 32.9 Å². The van der Waals surface area contributed by atoms with E-state index in [9.17, 15) is 12.9 Å². The summed E-state index contributed by atoms with van der Waals surface area (Å²) in [5.74, 6) is 0. The van der Waals surface area contributed by atoms with E-state index in [0.717, 1.165) is 25.8 Å². The van der Waals surface area contributed by atoms with Crippen molar-refractivity contribution in [3.05, 3.63) is 12.1 Å². The van der Waals surface area contributed by atoms with E-state index in [1.165, 1.54) is 0 Å². The molecule has 1 aliphatic heterocycles. The van der Waals surface area contributed by atoms with E-state index in [-0.39, 0.29) is 12.6 Å². The largest absolute Gasteiger partial charge is 0.506 e. The van der Waals surface area contributed by atoms with Crippen LogP contribution in [0.15, 0.2) is 12.1 Å². The first-order valence-corrected chi connectivity index (χ1v) is 5.03. The van der Waals surface area contributed by atoms with Crippen molar-refractivity contribution in [3.8, 4) is 0 Å². The van der Waals surface area contributed by atoms with Crippen LogP contribution in [0.2, 0.25) is 0 Å². The molecule has 1 saturated heterocycles. The lowest BCUT2D eigenvalue weighted by Gasteiger charge is -2.35. The average Bonchev–Trinajstić information content (AvgIpc) is 2.07. The number of nitrogens with zero attached hydrogens (tertiary/aromatic N) is 1. The Kier molecular flexibility index (Phi) is 3.64. The van der Waals surface area contributed by atoms with Crippen LogP contribution in [0.4, 0.5) is 12.9 Å². The monoisotopic (exact) mass is 206 g/mol. The lowest BCUT2D eigenvalue weighted by molar-refractivity contribution is 0.175. The van der Waals surface area contributed by atoms with Crippen molar-refractivity contribution in [3.63, 3.8) is 0 Å². The van der Waals surface area contributed by atoms with E-state index in [1.807, 2.05) is 11.8 Å². The van der Waals surface area contributed by atoms with Gasteiger partial charge in [-0.25, -0.2) is 0 Å². The highest BCUT2D eigenvalue weighted by molar-refractivity contribution is 6.66. The lowest BCUT2D eigenvalue weighted by atomic mass is 9.79. The predicted octanol–water partition coefficient (Wildman–Crippen LogP) is 2.80. The fourth-order valence-corrected chi connectivity index (χ4v) is 1.76. The van der Waals surface area contributed by atoms with Crippen molar-refractivity contribution in [2.24, 2.45) is 0 Å². The van der Waals surface area contributed by atoms with Crippen LogP contribution < -0.4 is 0 Å². The molecule has 82 valence electrons. The maximum Gasteiger partial charge on any atom is 0.506 e. The molecule has 0 N–H and O–H groups in total. The smallest absolute Gasteiger partial charge is 0.445 e. The van der Waals surface area contributed by atoms with E-state index in [0.29, 0.717) is 0 Å². The fourth-order valence-electron chi connectivity index (χ4n) is 1.76. The van der Waals surface area contributed by atoms with Crippen LogP contribution in [0.25, 0.3) is 0 Å². The number of likely N-dealkylation sites (tertiary alicyclic amines) is 1. The second-order valence-electron chi connectivity index (χ2n) is 4.05. The molecule has 0 aromatic rings. The van der Waals surface area contributed by atoms with Crippen molar-refractivity contribution < 1.29 is 12.9 Å². The summed E-state index contributed by atoms with van der Waals surface area (Å²) in [6.07, 6.45) is 3.13. The molecule has 1 aliphatic rings. The third-order valence-electron chi connectivity index (χ3n) is 2.81. The van der Waals surface area contributed by atoms with E-state index in [4.69, 9.17) is 0 Å². The second-order valence-corrected chi connectivity index (χ2v) is 4.05. The molecule has 0 radical (unpaired) electrons. The van der Waals surface area contributed by atoms with Gasteiger partial charge in [-0.3, -0.25) is 4.90 Å². The molecule has 0 saturated carbocycles. The van der Waals surface area contributed by atoms with E-state index < -0.39 is 12.4 Å². The van der Waals surface area contributed by atoms with Gasteiger partial charge in [0.15, 0.2) is 0 Å². The zero-order chi connectivity index (χ0) is 10.8. The number of hydrogen-bond acceptors (Lipinski definition) is 1. The fraction of sp³-hybridized carbons (Fsp3) is 0.778. The van der Waals surface area contributed by atoms with Gasteiger partial charge in [0.1, 0.15) is 0 Å². The highest BCUT2D eigenvalue weighted by atomic mass is 19.4. The Morgan fingerprint density at radius 1 is 1.43 bits per heavy atom. The third-order valence-corrected chi connectivity index (χ3v) is 2.81. The maximum absolute atomic E-state index is 12.3. The Hall–Kier alpha value is -0.445. The van der Waals surface area contributed by atoms with E-state index >= 15 is 0 Å². The number of rotatable bonds is 3. The van der Waals surface area contributed by atoms with E-state index in [1.54, 1.807) is 0 Å². The summed E-state index contributed by atoms with van der Waals surface area (Å²) < 4.78 is 36.8. The van der Waals surface area contributed by atoms with Gasteiger partial charge in [0, 0.05) is 6.04 Å². The van der Waals surface area contributed by atoms with Gasteiger partial charge in [0.05, 0.1) is 0 Å². The normalized spacial score (nSPS) is 25.0. The van der Waals surface area contributed by atoms with Crippen molar-refractivity contribution in [1.82, 2.24) is 4.90 Å². The highest BCUT2D eigenvalue weighted by Crippen LogP contribution is 2.23. The predicted molar refractivity (Wildman–Crippen MR) is 53.1 cm³/mol. The molecule has 0 amide bonds. The standard InChI is InChI=1S/C9H16BF3N/c1-8(10(11,12)13)7-14-6-4-3-5-9(14)2/h9H,1,3-7H2,2H3/q-1. The molecule has 0 aliphatic carbocycles. The summed E-state index contributed by atoms with van der Waals surface area (Å²) in [7, 11) is 0. The van der Waals surface area contributed by atoms with Crippen molar-refractivity contribution in [2.45, 2.75) is 32.2 Å². The van der Waals surface area contributed by atoms with Crippen LogP contribution >= 0.6 is 0 Å². The molecule has 0 spiro atoms. The van der Waals surface area contributed by atoms with Crippen LogP contribution in [0.3, 0.4) is 0 Å². The minimum Gasteiger partial charge on any atom is -0.445 e. The van der Waals surface area contributed by atoms with Crippen LogP contribution in [0.1, 0.15) is 26.2 Å². The van der Waals surface area contributed by atoms with Gasteiger partial charge >= 0.3 is 6.98 Å². The maximum atomic E-state index is 12.3. The molecule has 1 rings (SSSR count). The number of hydrogen-bond donors (Lipinski definition) is 0. The van der Waals surface area contributed by atoms with Crippen LogP contribution in [0, 0.1) is 0 Å². The Labute approximate surface area is 83.0 Å². The molecule has 1 fully saturated rings. The Balaban J connectivity index is 2.46. The quantitative estimate of drug-likeness (QED) is 0.641. The first kappa shape index (κ1) is 11.6. The number of piperidine rings is 1. The molecule has 1 atom stereocenters. The van der Waals surface area contributed by atoms with Gasteiger partial charge in [-0.15, -0.1) is 12.1 Å². The molecule has 0 aromatic carbocycles. The van der Waals surface area contributed by atoms with E-state index in [2.05, 4.69) is 6.58 Å². The average molecular weight is 206 g/mol. The van der Waals surface area contributed by atoms with Crippen LogP contribution in [-0.2, 0) is 0 Å². The Morgan fingerprint density at radius 3 is 2.57 bits per heavy atom. The van der Waals surface area contributed by atoms with Gasteiger partial charge in [-0.1, -0.05) is 6.42 Å². The molecule has 1 unspecified atom stereocenters. The van der Waals surface area contributed by atoms with Crippen LogP contribution in [-0.4, -0.2) is 31.0 Å². The molecular weight excluding hydrogens is 190 g/mol. The summed E-state index contributed by atoms with van der Waals surface area (Å²) in [6.45, 7) is 1.00. The zero-order valence-corrected chi connectivity index (χ0v) is 8.48. The molecule has 1 heterocycles. The first-order valence-electron chi connectivity index (χ1n) is 5.03. The number of halogens is 3. The summed E-state index contributed by atoms with van der Waals surface area (Å²) in [5, 5.41) is 0. The SMILES string of the molecule is C=C(CN1CCCCC1C)[B-](F)(F)F. The van der Waals surface area contributed by atoms with Crippen molar-refractivity contribution in [2.75, 3.05) is 13.1 Å². The lowest BCUT2D eigenvalue weighted by Crippen LogP contribution is -2.41. The first-order chi connectivity index (χ1) is 6.41. The molecule has 5 heteroatoms. The van der Waals surface area contributed by atoms with Crippen LogP contribution in [0.5, 0.6) is 0 Å². The van der Waals surface area contributed by atoms with Gasteiger partial charge in [0.25, 0.3) is 0 Å².